The first kappa shape index (κ1) is 18.3. The van der Waals surface area contributed by atoms with Crippen molar-refractivity contribution in [2.45, 2.75) is 0 Å². The molecule has 0 unspecified atom stereocenters. The lowest BCUT2D eigenvalue weighted by molar-refractivity contribution is 0.588. The Hall–Kier alpha value is -3.49. The summed E-state index contributed by atoms with van der Waals surface area (Å²) in [5.41, 5.74) is 6.02. The molecule has 0 saturated carbocycles. The number of rotatable bonds is 2. The third kappa shape index (κ3) is 2.79. The van der Waals surface area contributed by atoms with Gasteiger partial charge in [-0.3, -0.25) is 9.38 Å². The molecule has 3 heterocycles. The summed E-state index contributed by atoms with van der Waals surface area (Å²) in [5, 5.41) is 4.31. The van der Waals surface area contributed by atoms with E-state index >= 15 is 0 Å². The predicted octanol–water partition coefficient (Wildman–Crippen LogP) is 6.10. The van der Waals surface area contributed by atoms with Crippen LogP contribution in [0.2, 0.25) is 0 Å². The van der Waals surface area contributed by atoms with Gasteiger partial charge in [-0.15, -0.1) is 0 Å². The lowest BCUT2D eigenvalue weighted by Crippen LogP contribution is -2.03. The quantitative estimate of drug-likeness (QED) is 0.251. The maximum atomic E-state index is 12.4. The number of para-hydroxylation sites is 2. The second-order valence-electron chi connectivity index (χ2n) is 8.29. The van der Waals surface area contributed by atoms with Crippen LogP contribution in [0, 0.1) is 0 Å². The van der Waals surface area contributed by atoms with Gasteiger partial charge in [-0.25, -0.2) is 4.98 Å². The van der Waals surface area contributed by atoms with Crippen molar-refractivity contribution < 1.29 is 4.57 Å². The van der Waals surface area contributed by atoms with Gasteiger partial charge in [-0.2, -0.15) is 0 Å². The average Bonchev–Trinajstić information content (AvgIpc) is 3.18. The first-order valence-electron chi connectivity index (χ1n) is 10.2. The largest absolute Gasteiger partial charge is 0.319 e. The van der Waals surface area contributed by atoms with Gasteiger partial charge in [0.2, 0.25) is 0 Å². The van der Waals surface area contributed by atoms with E-state index < -0.39 is 7.14 Å². The zero-order valence-electron chi connectivity index (χ0n) is 17.3. The van der Waals surface area contributed by atoms with Crippen LogP contribution in [-0.4, -0.2) is 27.7 Å². The molecule has 0 spiro atoms. The number of fused-ring (bicyclic) bond motifs is 8. The zero-order valence-corrected chi connectivity index (χ0v) is 18.2. The van der Waals surface area contributed by atoms with Crippen LogP contribution in [0.1, 0.15) is 0 Å². The molecule has 4 nitrogen and oxygen atoms in total. The van der Waals surface area contributed by atoms with Crippen LogP contribution in [0.3, 0.4) is 0 Å². The molecule has 0 atom stereocenters. The van der Waals surface area contributed by atoms with E-state index in [-0.39, 0.29) is 0 Å². The number of imidazole rings is 1. The fraction of sp³-hybridized carbons (Fsp3) is 0.0769. The molecule has 31 heavy (non-hydrogen) atoms. The van der Waals surface area contributed by atoms with Crippen LogP contribution in [0.25, 0.3) is 49.6 Å². The number of hydrogen-bond donors (Lipinski definition) is 0. The molecule has 0 N–H and O–H groups in total. The number of nitrogens with zero attached hydrogens (tertiary/aromatic N) is 3. The number of benzene rings is 3. The van der Waals surface area contributed by atoms with E-state index in [1.807, 2.05) is 18.2 Å². The number of pyridine rings is 2. The molecule has 0 amide bonds. The minimum absolute atomic E-state index is 0.797. The van der Waals surface area contributed by atoms with Crippen LogP contribution < -0.4 is 5.30 Å². The SMILES string of the molecule is CP(C)(=O)c1ccc(-c2ccc3c4ccccc4c4nc5ccccc5n4c3c2)nc1. The van der Waals surface area contributed by atoms with Crippen molar-refractivity contribution >= 4 is 50.8 Å². The molecule has 6 aromatic rings. The topological polar surface area (TPSA) is 47.3 Å². The molecule has 0 bridgehead atoms. The Balaban J connectivity index is 1.70. The van der Waals surface area contributed by atoms with Crippen LogP contribution >= 0.6 is 7.14 Å². The molecule has 150 valence electrons. The Morgan fingerprint density at radius 2 is 1.55 bits per heavy atom. The van der Waals surface area contributed by atoms with Gasteiger partial charge >= 0.3 is 0 Å². The Labute approximate surface area is 179 Å². The van der Waals surface area contributed by atoms with Crippen molar-refractivity contribution in [3.8, 4) is 11.3 Å². The van der Waals surface area contributed by atoms with Crippen molar-refractivity contribution in [1.82, 2.24) is 14.4 Å². The Morgan fingerprint density at radius 1 is 0.774 bits per heavy atom. The van der Waals surface area contributed by atoms with E-state index in [1.165, 1.54) is 10.8 Å². The van der Waals surface area contributed by atoms with E-state index in [0.717, 1.165) is 44.1 Å². The van der Waals surface area contributed by atoms with E-state index in [1.54, 1.807) is 19.5 Å². The van der Waals surface area contributed by atoms with E-state index in [0.29, 0.717) is 0 Å². The number of aromatic nitrogens is 3. The van der Waals surface area contributed by atoms with Crippen molar-refractivity contribution in [3.63, 3.8) is 0 Å². The maximum absolute atomic E-state index is 12.4. The van der Waals surface area contributed by atoms with Gasteiger partial charge in [0.1, 0.15) is 12.8 Å². The van der Waals surface area contributed by atoms with Crippen LogP contribution in [-0.2, 0) is 4.57 Å². The van der Waals surface area contributed by atoms with Crippen molar-refractivity contribution in [2.24, 2.45) is 0 Å². The lowest BCUT2D eigenvalue weighted by Gasteiger charge is -2.11. The second-order valence-corrected chi connectivity index (χ2v) is 11.5. The summed E-state index contributed by atoms with van der Waals surface area (Å²) in [6.45, 7) is 3.54. The molecular formula is C26H20N3OP. The third-order valence-corrected chi connectivity index (χ3v) is 7.43. The summed E-state index contributed by atoms with van der Waals surface area (Å²) in [4.78, 5) is 9.57. The Kier molecular flexibility index (Phi) is 3.84. The summed E-state index contributed by atoms with van der Waals surface area (Å²) in [6, 6.07) is 27.0. The third-order valence-electron chi connectivity index (χ3n) is 5.92. The molecule has 0 aliphatic heterocycles. The van der Waals surface area contributed by atoms with Crippen LogP contribution in [0.5, 0.6) is 0 Å². The highest BCUT2D eigenvalue weighted by Crippen LogP contribution is 2.36. The van der Waals surface area contributed by atoms with Gasteiger partial charge in [0.05, 0.1) is 22.2 Å². The molecule has 5 heteroatoms. The Morgan fingerprint density at radius 3 is 2.32 bits per heavy atom. The minimum atomic E-state index is -2.32. The van der Waals surface area contributed by atoms with E-state index in [2.05, 4.69) is 70.0 Å². The molecule has 3 aromatic carbocycles. The molecule has 0 saturated heterocycles. The van der Waals surface area contributed by atoms with Crippen LogP contribution in [0.15, 0.2) is 85.1 Å². The summed E-state index contributed by atoms with van der Waals surface area (Å²) in [6.07, 6.45) is 1.74. The Bertz CT molecular complexity index is 1680. The molecule has 0 radical (unpaired) electrons. The second kappa shape index (κ2) is 6.50. The van der Waals surface area contributed by atoms with Crippen molar-refractivity contribution in [2.75, 3.05) is 13.3 Å². The van der Waals surface area contributed by atoms with Gasteiger partial charge in [-0.1, -0.05) is 48.5 Å². The van der Waals surface area contributed by atoms with Gasteiger partial charge in [-0.05, 0) is 49.0 Å². The van der Waals surface area contributed by atoms with Crippen LogP contribution in [0.4, 0.5) is 0 Å². The van der Waals surface area contributed by atoms with Gasteiger partial charge in [0.25, 0.3) is 0 Å². The molecular weight excluding hydrogens is 401 g/mol. The predicted molar refractivity (Wildman–Crippen MR) is 130 cm³/mol. The van der Waals surface area contributed by atoms with Crippen molar-refractivity contribution in [3.05, 3.63) is 85.1 Å². The molecule has 3 aromatic heterocycles. The van der Waals surface area contributed by atoms with Gasteiger partial charge in [0, 0.05) is 27.8 Å². The summed E-state index contributed by atoms with van der Waals surface area (Å²) >= 11 is 0. The maximum Gasteiger partial charge on any atom is 0.146 e. The average molecular weight is 421 g/mol. The first-order valence-corrected chi connectivity index (χ1v) is 12.8. The fourth-order valence-corrected chi connectivity index (χ4v) is 5.11. The molecule has 0 fully saturated rings. The smallest absolute Gasteiger partial charge is 0.146 e. The summed E-state index contributed by atoms with van der Waals surface area (Å²) in [5.74, 6) is 0. The standard InChI is InChI=1S/C26H20N3OP/c1-31(2,30)18-12-14-22(27-16-18)17-11-13-20-19-7-3-4-8-21(19)26-28-23-9-5-6-10-24(23)29(26)25(20)15-17/h3-16H,1-2H3. The normalized spacial score (nSPS) is 12.3. The fourth-order valence-electron chi connectivity index (χ4n) is 4.34. The first-order chi connectivity index (χ1) is 15.0. The highest BCUT2D eigenvalue weighted by atomic mass is 31.2. The highest BCUT2D eigenvalue weighted by molar-refractivity contribution is 7.70. The minimum Gasteiger partial charge on any atom is -0.319 e. The van der Waals surface area contributed by atoms with E-state index in [4.69, 9.17) is 4.98 Å². The van der Waals surface area contributed by atoms with Gasteiger partial charge in [0.15, 0.2) is 0 Å². The van der Waals surface area contributed by atoms with E-state index in [9.17, 15) is 4.57 Å². The molecule has 0 aliphatic rings. The summed E-state index contributed by atoms with van der Waals surface area (Å²) in [7, 11) is -2.32. The number of hydrogen-bond acceptors (Lipinski definition) is 3. The summed E-state index contributed by atoms with van der Waals surface area (Å²) < 4.78 is 14.6. The molecule has 6 rings (SSSR count). The van der Waals surface area contributed by atoms with Gasteiger partial charge < -0.3 is 4.57 Å². The highest BCUT2D eigenvalue weighted by Gasteiger charge is 2.15. The lowest BCUT2D eigenvalue weighted by atomic mass is 10.0. The molecule has 0 aliphatic carbocycles. The monoisotopic (exact) mass is 421 g/mol. The van der Waals surface area contributed by atoms with Crippen molar-refractivity contribution in [1.29, 1.82) is 0 Å². The zero-order chi connectivity index (χ0) is 21.2.